The third-order valence-electron chi connectivity index (χ3n) is 6.04. The number of benzene rings is 1. The van der Waals surface area contributed by atoms with Gasteiger partial charge in [0.2, 0.25) is 5.88 Å². The van der Waals surface area contributed by atoms with Crippen LogP contribution < -0.4 is 4.74 Å². The topological polar surface area (TPSA) is 39.5 Å². The number of hydrogen-bond donors (Lipinski definition) is 0. The molecule has 148 valence electrons. The summed E-state index contributed by atoms with van der Waals surface area (Å²) in [6.45, 7) is 10.5. The van der Waals surface area contributed by atoms with E-state index in [0.717, 1.165) is 56.8 Å². The first-order valence-corrected chi connectivity index (χ1v) is 10.6. The van der Waals surface area contributed by atoms with Gasteiger partial charge < -0.3 is 14.4 Å². The van der Waals surface area contributed by atoms with Gasteiger partial charge >= 0.3 is 0 Å². The Labute approximate surface area is 162 Å². The van der Waals surface area contributed by atoms with Gasteiger partial charge in [-0.1, -0.05) is 13.0 Å². The van der Waals surface area contributed by atoms with Crippen molar-refractivity contribution < 1.29 is 9.47 Å². The van der Waals surface area contributed by atoms with E-state index in [1.165, 1.54) is 23.9 Å². The minimum absolute atomic E-state index is 0.136. The molecule has 27 heavy (non-hydrogen) atoms. The molecule has 1 aromatic carbocycles. The molecule has 0 amide bonds. The van der Waals surface area contributed by atoms with Crippen LogP contribution >= 0.6 is 0 Å². The summed E-state index contributed by atoms with van der Waals surface area (Å²) in [5, 5.41) is 6.08. The molecule has 0 bridgehead atoms. The fourth-order valence-corrected chi connectivity index (χ4v) is 4.51. The lowest BCUT2D eigenvalue weighted by Crippen LogP contribution is -2.44. The van der Waals surface area contributed by atoms with Gasteiger partial charge in [0.15, 0.2) is 0 Å². The lowest BCUT2D eigenvalue weighted by molar-refractivity contribution is 0.0214. The third-order valence-corrected chi connectivity index (χ3v) is 6.04. The Kier molecular flexibility index (Phi) is 5.69. The molecule has 2 fully saturated rings. The van der Waals surface area contributed by atoms with E-state index in [-0.39, 0.29) is 6.10 Å². The quantitative estimate of drug-likeness (QED) is 0.790. The fourth-order valence-electron chi connectivity index (χ4n) is 4.51. The number of fused-ring (bicyclic) bond motifs is 1. The van der Waals surface area contributed by atoms with Gasteiger partial charge in [0.1, 0.15) is 0 Å². The maximum Gasteiger partial charge on any atom is 0.241 e. The van der Waals surface area contributed by atoms with Gasteiger partial charge in [0, 0.05) is 32.3 Å². The average molecular weight is 372 g/mol. The Hall–Kier alpha value is -1.59. The molecule has 2 saturated heterocycles. The number of piperidine rings is 1. The first-order chi connectivity index (χ1) is 13.2. The van der Waals surface area contributed by atoms with Gasteiger partial charge in [-0.2, -0.15) is 0 Å². The highest BCUT2D eigenvalue weighted by molar-refractivity contribution is 5.85. The molecule has 3 heterocycles. The SMILES string of the molecule is CCc1ccc2c(c1)c(OC(C)C)nn2C1CCN(C2CCOCC2)CC1. The standard InChI is InChI=1S/C22H33N3O2/c1-4-17-5-6-21-20(15-17)22(27-16(2)3)23-25(21)19-7-11-24(12-8-19)18-9-13-26-14-10-18/h5-6,15-16,18-19H,4,7-14H2,1-3H3. The molecule has 0 aliphatic carbocycles. The first-order valence-electron chi connectivity index (χ1n) is 10.6. The summed E-state index contributed by atoms with van der Waals surface area (Å²) in [7, 11) is 0. The van der Waals surface area contributed by atoms with Crippen molar-refractivity contribution in [2.24, 2.45) is 0 Å². The maximum absolute atomic E-state index is 6.06. The molecule has 2 aromatic rings. The lowest BCUT2D eigenvalue weighted by Gasteiger charge is -2.39. The van der Waals surface area contributed by atoms with E-state index in [0.29, 0.717) is 12.1 Å². The van der Waals surface area contributed by atoms with Crippen LogP contribution in [-0.2, 0) is 11.2 Å². The Balaban J connectivity index is 1.54. The van der Waals surface area contributed by atoms with E-state index in [1.807, 2.05) is 0 Å². The molecule has 2 aliphatic rings. The van der Waals surface area contributed by atoms with Crippen molar-refractivity contribution in [3.8, 4) is 5.88 Å². The van der Waals surface area contributed by atoms with Crippen molar-refractivity contribution in [1.29, 1.82) is 0 Å². The predicted octanol–water partition coefficient (Wildman–Crippen LogP) is 4.20. The molecule has 1 aromatic heterocycles. The van der Waals surface area contributed by atoms with Gasteiger partial charge in [-0.3, -0.25) is 4.68 Å². The number of hydrogen-bond acceptors (Lipinski definition) is 4. The molecule has 0 N–H and O–H groups in total. The molecule has 0 unspecified atom stereocenters. The first kappa shape index (κ1) is 18.8. The molecule has 2 aliphatic heterocycles. The van der Waals surface area contributed by atoms with E-state index in [4.69, 9.17) is 14.6 Å². The van der Waals surface area contributed by atoms with E-state index < -0.39 is 0 Å². The number of rotatable bonds is 5. The summed E-state index contributed by atoms with van der Waals surface area (Å²) in [6, 6.07) is 7.89. The van der Waals surface area contributed by atoms with Crippen LogP contribution in [0.3, 0.4) is 0 Å². The normalized spacial score (nSPS) is 20.6. The smallest absolute Gasteiger partial charge is 0.241 e. The number of ether oxygens (including phenoxy) is 2. The maximum atomic E-state index is 6.06. The van der Waals surface area contributed by atoms with Crippen LogP contribution in [0, 0.1) is 0 Å². The van der Waals surface area contributed by atoms with Gasteiger partial charge in [-0.25, -0.2) is 0 Å². The van der Waals surface area contributed by atoms with Crippen LogP contribution in [-0.4, -0.2) is 53.1 Å². The third kappa shape index (κ3) is 3.99. The number of likely N-dealkylation sites (tertiary alicyclic amines) is 1. The summed E-state index contributed by atoms with van der Waals surface area (Å²) in [5.74, 6) is 0.794. The molecular weight excluding hydrogens is 338 g/mol. The minimum Gasteiger partial charge on any atom is -0.473 e. The molecule has 5 nitrogen and oxygen atoms in total. The van der Waals surface area contributed by atoms with Crippen molar-refractivity contribution in [1.82, 2.24) is 14.7 Å². The van der Waals surface area contributed by atoms with Crippen molar-refractivity contribution in [2.75, 3.05) is 26.3 Å². The predicted molar refractivity (Wildman–Crippen MR) is 109 cm³/mol. The number of aromatic nitrogens is 2. The van der Waals surface area contributed by atoms with Crippen molar-refractivity contribution in [2.45, 2.75) is 71.1 Å². The Morgan fingerprint density at radius 3 is 2.52 bits per heavy atom. The van der Waals surface area contributed by atoms with Gasteiger partial charge in [-0.15, -0.1) is 5.10 Å². The van der Waals surface area contributed by atoms with E-state index in [1.54, 1.807) is 0 Å². The van der Waals surface area contributed by atoms with Gasteiger partial charge in [0.25, 0.3) is 0 Å². The van der Waals surface area contributed by atoms with E-state index >= 15 is 0 Å². The zero-order valence-corrected chi connectivity index (χ0v) is 17.0. The zero-order chi connectivity index (χ0) is 18.8. The Morgan fingerprint density at radius 1 is 1.11 bits per heavy atom. The zero-order valence-electron chi connectivity index (χ0n) is 17.0. The molecule has 4 rings (SSSR count). The fraction of sp³-hybridized carbons (Fsp3) is 0.682. The Morgan fingerprint density at radius 2 is 1.85 bits per heavy atom. The summed E-state index contributed by atoms with van der Waals surface area (Å²) >= 11 is 0. The van der Waals surface area contributed by atoms with Crippen LogP contribution in [0.25, 0.3) is 10.9 Å². The molecule has 0 saturated carbocycles. The molecule has 0 spiro atoms. The largest absolute Gasteiger partial charge is 0.473 e. The lowest BCUT2D eigenvalue weighted by atomic mass is 9.99. The highest BCUT2D eigenvalue weighted by Gasteiger charge is 2.29. The van der Waals surface area contributed by atoms with Crippen LogP contribution in [0.4, 0.5) is 0 Å². The summed E-state index contributed by atoms with van der Waals surface area (Å²) < 4.78 is 13.8. The summed E-state index contributed by atoms with van der Waals surface area (Å²) in [6.07, 6.45) is 5.85. The summed E-state index contributed by atoms with van der Waals surface area (Å²) in [5.41, 5.74) is 2.55. The molecular formula is C22H33N3O2. The van der Waals surface area contributed by atoms with E-state index in [9.17, 15) is 0 Å². The second-order valence-corrected chi connectivity index (χ2v) is 8.23. The van der Waals surface area contributed by atoms with Crippen molar-refractivity contribution in [3.63, 3.8) is 0 Å². The van der Waals surface area contributed by atoms with E-state index in [2.05, 4.69) is 48.6 Å². The minimum atomic E-state index is 0.136. The summed E-state index contributed by atoms with van der Waals surface area (Å²) in [4.78, 5) is 2.67. The average Bonchev–Trinajstić information content (AvgIpc) is 3.06. The van der Waals surface area contributed by atoms with Gasteiger partial charge in [0.05, 0.1) is 23.0 Å². The molecule has 0 atom stereocenters. The Bertz CT molecular complexity index is 756. The van der Waals surface area contributed by atoms with Crippen LogP contribution in [0.2, 0.25) is 0 Å². The van der Waals surface area contributed by atoms with Crippen LogP contribution in [0.5, 0.6) is 5.88 Å². The monoisotopic (exact) mass is 371 g/mol. The molecule has 5 heteroatoms. The highest BCUT2D eigenvalue weighted by Crippen LogP contribution is 2.33. The highest BCUT2D eigenvalue weighted by atomic mass is 16.5. The van der Waals surface area contributed by atoms with Crippen molar-refractivity contribution in [3.05, 3.63) is 23.8 Å². The number of nitrogens with zero attached hydrogens (tertiary/aromatic N) is 3. The second-order valence-electron chi connectivity index (χ2n) is 8.23. The molecule has 0 radical (unpaired) electrons. The van der Waals surface area contributed by atoms with Crippen LogP contribution in [0.1, 0.15) is 58.1 Å². The second kappa shape index (κ2) is 8.19. The van der Waals surface area contributed by atoms with Crippen molar-refractivity contribution >= 4 is 10.9 Å². The number of aryl methyl sites for hydroxylation is 1. The van der Waals surface area contributed by atoms with Crippen LogP contribution in [0.15, 0.2) is 18.2 Å². The van der Waals surface area contributed by atoms with Gasteiger partial charge in [-0.05, 0) is 63.6 Å².